The van der Waals surface area contributed by atoms with Gasteiger partial charge in [0.05, 0.1) is 11.8 Å². The zero-order valence-corrected chi connectivity index (χ0v) is 12.1. The van der Waals surface area contributed by atoms with Gasteiger partial charge in [-0.25, -0.2) is 4.39 Å². The van der Waals surface area contributed by atoms with E-state index in [1.165, 1.54) is 6.07 Å². The van der Waals surface area contributed by atoms with Crippen molar-refractivity contribution in [3.63, 3.8) is 0 Å². The predicted octanol–water partition coefficient (Wildman–Crippen LogP) is 3.22. The summed E-state index contributed by atoms with van der Waals surface area (Å²) in [4.78, 5) is 2.15. The number of aliphatic hydroxyl groups excluding tert-OH is 1. The van der Waals surface area contributed by atoms with Crippen LogP contribution in [0.4, 0.5) is 10.1 Å². The molecule has 4 heteroatoms. The standard InChI is InChI=1S/C17H21FN2O/c18-14-6-3-7-16(13(14)11-19)20-10-4-8-15(20)12-5-1-2-9-17(12)21/h3,6-7,12,15,17,21H,1-2,4-5,8-10H2/t12-,15-,17+/m1/s1. The lowest BCUT2D eigenvalue weighted by molar-refractivity contribution is 0.0566. The Balaban J connectivity index is 1.91. The first-order valence-electron chi connectivity index (χ1n) is 7.85. The minimum Gasteiger partial charge on any atom is -0.393 e. The van der Waals surface area contributed by atoms with Crippen molar-refractivity contribution in [2.45, 2.75) is 50.7 Å². The summed E-state index contributed by atoms with van der Waals surface area (Å²) in [6.45, 7) is 0.839. The number of halogens is 1. The summed E-state index contributed by atoms with van der Waals surface area (Å²) in [7, 11) is 0. The maximum atomic E-state index is 13.9. The van der Waals surface area contributed by atoms with Crippen molar-refractivity contribution in [1.82, 2.24) is 0 Å². The molecular formula is C17H21FN2O. The van der Waals surface area contributed by atoms with Crippen LogP contribution in [0, 0.1) is 23.1 Å². The third kappa shape index (κ3) is 2.63. The molecule has 1 aliphatic heterocycles. The SMILES string of the molecule is N#Cc1c(F)cccc1N1CCC[C@@H]1[C@H]1CCCC[C@@H]1O. The zero-order chi connectivity index (χ0) is 14.8. The van der Waals surface area contributed by atoms with E-state index in [1.54, 1.807) is 6.07 Å². The van der Waals surface area contributed by atoms with Gasteiger partial charge in [-0.2, -0.15) is 5.26 Å². The van der Waals surface area contributed by atoms with Crippen molar-refractivity contribution in [3.05, 3.63) is 29.6 Å². The van der Waals surface area contributed by atoms with E-state index in [2.05, 4.69) is 4.90 Å². The lowest BCUT2D eigenvalue weighted by atomic mass is 9.80. The van der Waals surface area contributed by atoms with Gasteiger partial charge in [-0.3, -0.25) is 0 Å². The fraction of sp³-hybridized carbons (Fsp3) is 0.588. The Morgan fingerprint density at radius 3 is 2.76 bits per heavy atom. The van der Waals surface area contributed by atoms with Gasteiger partial charge >= 0.3 is 0 Å². The maximum absolute atomic E-state index is 13.9. The highest BCUT2D eigenvalue weighted by Crippen LogP contribution is 2.38. The van der Waals surface area contributed by atoms with E-state index in [9.17, 15) is 14.8 Å². The molecule has 2 fully saturated rings. The fourth-order valence-corrected chi connectivity index (χ4v) is 3.99. The fourth-order valence-electron chi connectivity index (χ4n) is 3.99. The number of hydrogen-bond acceptors (Lipinski definition) is 3. The van der Waals surface area contributed by atoms with Crippen molar-refractivity contribution >= 4 is 5.69 Å². The van der Waals surface area contributed by atoms with Gasteiger partial charge in [0.25, 0.3) is 0 Å². The van der Waals surface area contributed by atoms with Crippen LogP contribution in [0.3, 0.4) is 0 Å². The van der Waals surface area contributed by atoms with Gasteiger partial charge in [0.2, 0.25) is 0 Å². The van der Waals surface area contributed by atoms with Crippen LogP contribution in [-0.2, 0) is 0 Å². The summed E-state index contributed by atoms with van der Waals surface area (Å²) >= 11 is 0. The average molecular weight is 288 g/mol. The molecule has 3 nitrogen and oxygen atoms in total. The highest BCUT2D eigenvalue weighted by Gasteiger charge is 2.37. The summed E-state index contributed by atoms with van der Waals surface area (Å²) < 4.78 is 13.9. The summed E-state index contributed by atoms with van der Waals surface area (Å²) in [6.07, 6.45) is 5.93. The molecule has 21 heavy (non-hydrogen) atoms. The molecule has 0 bridgehead atoms. The van der Waals surface area contributed by atoms with Crippen LogP contribution in [0.1, 0.15) is 44.1 Å². The third-order valence-electron chi connectivity index (χ3n) is 4.99. The Bertz CT molecular complexity index is 554. The molecule has 1 saturated heterocycles. The van der Waals surface area contributed by atoms with Gasteiger partial charge in [0.15, 0.2) is 0 Å². The lowest BCUT2D eigenvalue weighted by Gasteiger charge is -2.38. The van der Waals surface area contributed by atoms with E-state index in [0.29, 0.717) is 5.69 Å². The molecule has 1 N–H and O–H groups in total. The van der Waals surface area contributed by atoms with Crippen molar-refractivity contribution in [2.24, 2.45) is 5.92 Å². The van der Waals surface area contributed by atoms with Crippen molar-refractivity contribution in [3.8, 4) is 6.07 Å². The van der Waals surface area contributed by atoms with Gasteiger partial charge in [0.1, 0.15) is 17.4 Å². The van der Waals surface area contributed by atoms with E-state index in [1.807, 2.05) is 12.1 Å². The van der Waals surface area contributed by atoms with E-state index in [0.717, 1.165) is 45.1 Å². The summed E-state index contributed by atoms with van der Waals surface area (Å²) in [6, 6.07) is 7.06. The minimum absolute atomic E-state index is 0.134. The number of aliphatic hydroxyl groups is 1. The van der Waals surface area contributed by atoms with Crippen LogP contribution in [-0.4, -0.2) is 23.8 Å². The molecule has 1 aliphatic carbocycles. The molecule has 0 aromatic heterocycles. The number of benzene rings is 1. The summed E-state index contributed by atoms with van der Waals surface area (Å²) in [5.41, 5.74) is 0.826. The second-order valence-electron chi connectivity index (χ2n) is 6.16. The first kappa shape index (κ1) is 14.3. The minimum atomic E-state index is -0.454. The van der Waals surface area contributed by atoms with Gasteiger partial charge < -0.3 is 10.0 Å². The van der Waals surface area contributed by atoms with Gasteiger partial charge in [0, 0.05) is 18.5 Å². The smallest absolute Gasteiger partial charge is 0.143 e. The summed E-state index contributed by atoms with van der Waals surface area (Å²) in [5, 5.41) is 19.6. The first-order valence-corrected chi connectivity index (χ1v) is 7.85. The molecule has 112 valence electrons. The molecule has 3 rings (SSSR count). The topological polar surface area (TPSA) is 47.3 Å². The Morgan fingerprint density at radius 1 is 1.19 bits per heavy atom. The molecule has 1 heterocycles. The van der Waals surface area contributed by atoms with Crippen LogP contribution in [0.2, 0.25) is 0 Å². The van der Waals surface area contributed by atoms with Crippen molar-refractivity contribution in [2.75, 3.05) is 11.4 Å². The highest BCUT2D eigenvalue weighted by molar-refractivity contribution is 5.61. The van der Waals surface area contributed by atoms with E-state index >= 15 is 0 Å². The molecule has 0 radical (unpaired) electrons. The van der Waals surface area contributed by atoms with Gasteiger partial charge in [-0.15, -0.1) is 0 Å². The van der Waals surface area contributed by atoms with Gasteiger partial charge in [-0.05, 0) is 37.8 Å². The second-order valence-corrected chi connectivity index (χ2v) is 6.16. The molecule has 1 aromatic carbocycles. The van der Waals surface area contributed by atoms with Crippen molar-refractivity contribution < 1.29 is 9.50 Å². The quantitative estimate of drug-likeness (QED) is 0.909. The van der Waals surface area contributed by atoms with Crippen LogP contribution in [0.15, 0.2) is 18.2 Å². The number of nitriles is 1. The predicted molar refractivity (Wildman–Crippen MR) is 79.4 cm³/mol. The van der Waals surface area contributed by atoms with Crippen LogP contribution in [0.5, 0.6) is 0 Å². The molecule has 2 aliphatic rings. The summed E-state index contributed by atoms with van der Waals surface area (Å²) in [5.74, 6) is -0.207. The monoisotopic (exact) mass is 288 g/mol. The van der Waals surface area contributed by atoms with Crippen LogP contribution in [0.25, 0.3) is 0 Å². The zero-order valence-electron chi connectivity index (χ0n) is 12.1. The van der Waals surface area contributed by atoms with Crippen molar-refractivity contribution in [1.29, 1.82) is 5.26 Å². The lowest BCUT2D eigenvalue weighted by Crippen LogP contribution is -2.43. The largest absolute Gasteiger partial charge is 0.393 e. The first-order chi connectivity index (χ1) is 10.2. The average Bonchev–Trinajstić information content (AvgIpc) is 2.96. The number of hydrogen-bond donors (Lipinski definition) is 1. The Kier molecular flexibility index (Phi) is 4.12. The number of nitrogens with zero attached hydrogens (tertiary/aromatic N) is 2. The van der Waals surface area contributed by atoms with E-state index < -0.39 is 5.82 Å². The molecular weight excluding hydrogens is 267 g/mol. The molecule has 0 amide bonds. The third-order valence-corrected chi connectivity index (χ3v) is 4.99. The Hall–Kier alpha value is -1.60. The molecule has 1 aromatic rings. The Morgan fingerprint density at radius 2 is 2.00 bits per heavy atom. The van der Waals surface area contributed by atoms with Crippen LogP contribution < -0.4 is 4.90 Å². The van der Waals surface area contributed by atoms with Gasteiger partial charge in [-0.1, -0.05) is 18.9 Å². The Labute approximate surface area is 125 Å². The molecule has 1 saturated carbocycles. The molecule has 0 unspecified atom stereocenters. The van der Waals surface area contributed by atoms with Crippen LogP contribution >= 0.6 is 0 Å². The normalized spacial score (nSPS) is 29.4. The molecule has 0 spiro atoms. The van der Waals surface area contributed by atoms with E-state index in [4.69, 9.17) is 0 Å². The maximum Gasteiger partial charge on any atom is 0.143 e. The molecule has 3 atom stereocenters. The highest BCUT2D eigenvalue weighted by atomic mass is 19.1. The van der Waals surface area contributed by atoms with E-state index in [-0.39, 0.29) is 23.6 Å². The number of rotatable bonds is 2. The second kappa shape index (κ2) is 6.03. The number of anilines is 1.